The van der Waals surface area contributed by atoms with Gasteiger partial charge in [-0.05, 0) is 30.7 Å². The molecule has 0 spiro atoms. The number of hydrogen-bond donors (Lipinski definition) is 0. The van der Waals surface area contributed by atoms with E-state index in [9.17, 15) is 4.79 Å². The van der Waals surface area contributed by atoms with Gasteiger partial charge in [-0.3, -0.25) is 4.79 Å². The number of nitrogens with zero attached hydrogens (tertiary/aromatic N) is 3. The molecule has 3 aromatic rings. The Morgan fingerprint density at radius 1 is 1.04 bits per heavy atom. The average Bonchev–Trinajstić information content (AvgIpc) is 3.10. The van der Waals surface area contributed by atoms with Crippen LogP contribution in [-0.2, 0) is 6.54 Å². The summed E-state index contributed by atoms with van der Waals surface area (Å²) in [6.45, 7) is 2.75. The molecule has 1 heterocycles. The van der Waals surface area contributed by atoms with Crippen LogP contribution in [0.4, 0.5) is 0 Å². The standard InChI is InChI=1S/C19H17Cl2N3O2/c1-2-11-24(19(25)14-8-4-6-10-16(14)21)12-17-22-23-18(26-17)13-7-3-5-9-15(13)20/h3-10H,2,11-12H2,1H3. The summed E-state index contributed by atoms with van der Waals surface area (Å²) in [6, 6.07) is 14.2. The van der Waals surface area contributed by atoms with Crippen LogP contribution in [0.15, 0.2) is 52.9 Å². The van der Waals surface area contributed by atoms with Crippen LogP contribution in [0, 0.1) is 0 Å². The Hall–Kier alpha value is -2.37. The summed E-state index contributed by atoms with van der Waals surface area (Å²) >= 11 is 12.3. The van der Waals surface area contributed by atoms with Gasteiger partial charge in [0.15, 0.2) is 0 Å². The van der Waals surface area contributed by atoms with Gasteiger partial charge in [-0.2, -0.15) is 0 Å². The largest absolute Gasteiger partial charge is 0.419 e. The van der Waals surface area contributed by atoms with E-state index in [1.54, 1.807) is 41.3 Å². The van der Waals surface area contributed by atoms with Crippen molar-refractivity contribution in [2.75, 3.05) is 6.54 Å². The van der Waals surface area contributed by atoms with Crippen molar-refractivity contribution in [3.05, 3.63) is 70.0 Å². The molecule has 0 unspecified atom stereocenters. The van der Waals surface area contributed by atoms with Crippen molar-refractivity contribution in [2.24, 2.45) is 0 Å². The van der Waals surface area contributed by atoms with Gasteiger partial charge in [0, 0.05) is 6.54 Å². The van der Waals surface area contributed by atoms with Crippen LogP contribution in [0.25, 0.3) is 11.5 Å². The van der Waals surface area contributed by atoms with Crippen molar-refractivity contribution in [1.29, 1.82) is 0 Å². The molecule has 26 heavy (non-hydrogen) atoms. The lowest BCUT2D eigenvalue weighted by atomic mass is 10.2. The van der Waals surface area contributed by atoms with Crippen LogP contribution in [0.2, 0.25) is 10.0 Å². The molecule has 5 nitrogen and oxygen atoms in total. The first-order valence-electron chi connectivity index (χ1n) is 8.21. The highest BCUT2D eigenvalue weighted by Gasteiger charge is 2.21. The van der Waals surface area contributed by atoms with Gasteiger partial charge in [0.05, 0.1) is 27.7 Å². The highest BCUT2D eigenvalue weighted by Crippen LogP contribution is 2.26. The predicted octanol–water partition coefficient (Wildman–Crippen LogP) is 5.10. The van der Waals surface area contributed by atoms with Crippen LogP contribution in [0.1, 0.15) is 29.6 Å². The van der Waals surface area contributed by atoms with Crippen molar-refractivity contribution in [2.45, 2.75) is 19.9 Å². The summed E-state index contributed by atoms with van der Waals surface area (Å²) in [7, 11) is 0. The van der Waals surface area contributed by atoms with Gasteiger partial charge in [-0.15, -0.1) is 10.2 Å². The smallest absolute Gasteiger partial charge is 0.255 e. The fourth-order valence-electron chi connectivity index (χ4n) is 2.55. The number of hydrogen-bond acceptors (Lipinski definition) is 4. The molecule has 0 atom stereocenters. The first-order chi connectivity index (χ1) is 12.6. The lowest BCUT2D eigenvalue weighted by Crippen LogP contribution is -2.31. The maximum absolute atomic E-state index is 12.8. The van der Waals surface area contributed by atoms with E-state index in [1.165, 1.54) is 0 Å². The first-order valence-corrected chi connectivity index (χ1v) is 8.96. The van der Waals surface area contributed by atoms with Crippen molar-refractivity contribution < 1.29 is 9.21 Å². The molecule has 134 valence electrons. The van der Waals surface area contributed by atoms with Crippen molar-refractivity contribution in [3.63, 3.8) is 0 Å². The number of rotatable bonds is 6. The summed E-state index contributed by atoms with van der Waals surface area (Å²) in [4.78, 5) is 14.5. The molecule has 0 radical (unpaired) electrons. The van der Waals surface area contributed by atoms with Crippen molar-refractivity contribution >= 4 is 29.1 Å². The maximum atomic E-state index is 12.8. The zero-order valence-corrected chi connectivity index (χ0v) is 15.7. The molecular weight excluding hydrogens is 373 g/mol. The third-order valence-corrected chi connectivity index (χ3v) is 4.44. The lowest BCUT2D eigenvalue weighted by Gasteiger charge is -2.20. The summed E-state index contributed by atoms with van der Waals surface area (Å²) in [5.74, 6) is 0.496. The molecule has 7 heteroatoms. The van der Waals surface area contributed by atoms with Gasteiger partial charge in [-0.1, -0.05) is 54.4 Å². The average molecular weight is 390 g/mol. The second-order valence-corrected chi connectivity index (χ2v) is 6.50. The number of carbonyl (C=O) groups is 1. The second kappa shape index (κ2) is 8.34. The highest BCUT2D eigenvalue weighted by molar-refractivity contribution is 6.34. The Morgan fingerprint density at radius 3 is 2.42 bits per heavy atom. The van der Waals surface area contributed by atoms with Gasteiger partial charge < -0.3 is 9.32 Å². The molecule has 0 aliphatic rings. The third-order valence-electron chi connectivity index (χ3n) is 3.78. The number of carbonyl (C=O) groups excluding carboxylic acids is 1. The quantitative estimate of drug-likeness (QED) is 0.588. The predicted molar refractivity (Wildman–Crippen MR) is 101 cm³/mol. The van der Waals surface area contributed by atoms with Gasteiger partial charge in [-0.25, -0.2) is 0 Å². The molecule has 1 aromatic heterocycles. The van der Waals surface area contributed by atoms with E-state index in [4.69, 9.17) is 27.6 Å². The fraction of sp³-hybridized carbons (Fsp3) is 0.211. The Balaban J connectivity index is 1.82. The summed E-state index contributed by atoms with van der Waals surface area (Å²) in [5, 5.41) is 9.04. The molecule has 0 aliphatic heterocycles. The minimum Gasteiger partial charge on any atom is -0.419 e. The third kappa shape index (κ3) is 4.06. The minimum atomic E-state index is -0.171. The first kappa shape index (κ1) is 18.4. The van der Waals surface area contributed by atoms with Gasteiger partial charge >= 0.3 is 0 Å². The molecule has 0 aliphatic carbocycles. The molecule has 3 rings (SSSR count). The van der Waals surface area contributed by atoms with E-state index in [1.807, 2.05) is 19.1 Å². The number of benzene rings is 2. The lowest BCUT2D eigenvalue weighted by molar-refractivity contribution is 0.0729. The van der Waals surface area contributed by atoms with Gasteiger partial charge in [0.2, 0.25) is 11.8 Å². The maximum Gasteiger partial charge on any atom is 0.255 e. The molecule has 2 aromatic carbocycles. The Labute approximate surface area is 161 Å². The van der Waals surface area contributed by atoms with E-state index in [0.717, 1.165) is 6.42 Å². The van der Waals surface area contributed by atoms with E-state index in [-0.39, 0.29) is 12.5 Å². The number of aromatic nitrogens is 2. The summed E-state index contributed by atoms with van der Waals surface area (Å²) in [5.41, 5.74) is 1.11. The molecular formula is C19H17Cl2N3O2. The van der Waals surface area contributed by atoms with Gasteiger partial charge in [0.25, 0.3) is 5.91 Å². The minimum absolute atomic E-state index is 0.171. The molecule has 0 bridgehead atoms. The van der Waals surface area contributed by atoms with E-state index >= 15 is 0 Å². The fourth-order valence-corrected chi connectivity index (χ4v) is 2.98. The van der Waals surface area contributed by atoms with Crippen LogP contribution in [-0.4, -0.2) is 27.5 Å². The SMILES string of the molecule is CCCN(Cc1nnc(-c2ccccc2Cl)o1)C(=O)c1ccccc1Cl. The number of halogens is 2. The topological polar surface area (TPSA) is 59.2 Å². The summed E-state index contributed by atoms with van der Waals surface area (Å²) < 4.78 is 5.71. The van der Waals surface area contributed by atoms with Crippen LogP contribution >= 0.6 is 23.2 Å². The van der Waals surface area contributed by atoms with Crippen molar-refractivity contribution in [3.8, 4) is 11.5 Å². The van der Waals surface area contributed by atoms with Gasteiger partial charge in [0.1, 0.15) is 0 Å². The molecule has 0 saturated heterocycles. The van der Waals surface area contributed by atoms with E-state index in [0.29, 0.717) is 39.5 Å². The second-order valence-electron chi connectivity index (χ2n) is 5.69. The van der Waals surface area contributed by atoms with E-state index < -0.39 is 0 Å². The Kier molecular flexibility index (Phi) is 5.91. The van der Waals surface area contributed by atoms with Crippen LogP contribution in [0.3, 0.4) is 0 Å². The van der Waals surface area contributed by atoms with Crippen LogP contribution < -0.4 is 0 Å². The monoisotopic (exact) mass is 389 g/mol. The normalized spacial score (nSPS) is 10.7. The molecule has 0 fully saturated rings. The Bertz CT molecular complexity index is 911. The van der Waals surface area contributed by atoms with Crippen molar-refractivity contribution in [1.82, 2.24) is 15.1 Å². The van der Waals surface area contributed by atoms with E-state index in [2.05, 4.69) is 10.2 Å². The van der Waals surface area contributed by atoms with Crippen LogP contribution in [0.5, 0.6) is 0 Å². The summed E-state index contributed by atoms with van der Waals surface area (Å²) in [6.07, 6.45) is 0.793. The zero-order chi connectivity index (χ0) is 18.5. The number of amides is 1. The Morgan fingerprint density at radius 2 is 1.73 bits per heavy atom. The molecule has 0 N–H and O–H groups in total. The highest BCUT2D eigenvalue weighted by atomic mass is 35.5. The molecule has 1 amide bonds. The molecule has 0 saturated carbocycles. The zero-order valence-electron chi connectivity index (χ0n) is 14.2.